The van der Waals surface area contributed by atoms with E-state index in [0.29, 0.717) is 0 Å². The standard InChI is InChI=1S/C16H20N2O2/c1-4-5-6-13-7-8-15(12(2)9-13)18-11-14(10-17)16(19)20-3/h7-9,11,18H,4-6H2,1-3H3. The number of ether oxygens (including phenoxy) is 1. The fourth-order valence-corrected chi connectivity index (χ4v) is 1.82. The van der Waals surface area contributed by atoms with E-state index in [1.54, 1.807) is 6.07 Å². The number of nitriles is 1. The van der Waals surface area contributed by atoms with Gasteiger partial charge in [0.1, 0.15) is 6.07 Å². The molecule has 1 rings (SSSR count). The molecular weight excluding hydrogens is 252 g/mol. The van der Waals surface area contributed by atoms with E-state index in [9.17, 15) is 4.79 Å². The molecule has 0 spiro atoms. The molecule has 0 aliphatic carbocycles. The molecule has 0 unspecified atom stereocenters. The van der Waals surface area contributed by atoms with E-state index < -0.39 is 5.97 Å². The topological polar surface area (TPSA) is 62.1 Å². The highest BCUT2D eigenvalue weighted by molar-refractivity contribution is 5.93. The summed E-state index contributed by atoms with van der Waals surface area (Å²) in [5.74, 6) is -0.641. The van der Waals surface area contributed by atoms with Crippen molar-refractivity contribution in [3.05, 3.63) is 41.1 Å². The molecule has 0 aliphatic heterocycles. The summed E-state index contributed by atoms with van der Waals surface area (Å²) >= 11 is 0. The van der Waals surface area contributed by atoms with Crippen LogP contribution in [0.4, 0.5) is 5.69 Å². The molecule has 0 aliphatic rings. The second kappa shape index (κ2) is 8.00. The molecule has 0 amide bonds. The van der Waals surface area contributed by atoms with E-state index >= 15 is 0 Å². The Morgan fingerprint density at radius 2 is 2.25 bits per heavy atom. The van der Waals surface area contributed by atoms with Gasteiger partial charge in [0.05, 0.1) is 7.11 Å². The molecule has 0 saturated carbocycles. The van der Waals surface area contributed by atoms with Gasteiger partial charge in [-0.05, 0) is 37.0 Å². The number of hydrogen-bond acceptors (Lipinski definition) is 4. The predicted molar refractivity (Wildman–Crippen MR) is 79.1 cm³/mol. The third kappa shape index (κ3) is 4.43. The molecule has 1 aromatic rings. The maximum Gasteiger partial charge on any atom is 0.350 e. The molecule has 106 valence electrons. The van der Waals surface area contributed by atoms with Gasteiger partial charge >= 0.3 is 5.97 Å². The van der Waals surface area contributed by atoms with Crippen molar-refractivity contribution in [1.82, 2.24) is 0 Å². The molecule has 0 atom stereocenters. The number of rotatable bonds is 6. The quantitative estimate of drug-likeness (QED) is 0.490. The fourth-order valence-electron chi connectivity index (χ4n) is 1.82. The molecule has 0 heterocycles. The molecule has 0 fully saturated rings. The van der Waals surface area contributed by atoms with E-state index in [1.807, 2.05) is 13.0 Å². The van der Waals surface area contributed by atoms with Crippen molar-refractivity contribution in [2.75, 3.05) is 12.4 Å². The predicted octanol–water partition coefficient (Wildman–Crippen LogP) is 3.33. The van der Waals surface area contributed by atoms with Gasteiger partial charge < -0.3 is 10.1 Å². The number of nitrogens with zero attached hydrogens (tertiary/aromatic N) is 1. The molecule has 0 aromatic heterocycles. The average Bonchev–Trinajstić information content (AvgIpc) is 2.46. The zero-order valence-electron chi connectivity index (χ0n) is 12.2. The minimum atomic E-state index is -0.641. The van der Waals surface area contributed by atoms with E-state index in [0.717, 1.165) is 17.7 Å². The molecule has 20 heavy (non-hydrogen) atoms. The maximum atomic E-state index is 11.3. The fraction of sp³-hybridized carbons (Fsp3) is 0.375. The van der Waals surface area contributed by atoms with Crippen molar-refractivity contribution in [3.63, 3.8) is 0 Å². The molecular formula is C16H20N2O2. The first-order chi connectivity index (χ1) is 9.62. The molecule has 1 aromatic carbocycles. The van der Waals surface area contributed by atoms with Crippen molar-refractivity contribution >= 4 is 11.7 Å². The summed E-state index contributed by atoms with van der Waals surface area (Å²) in [7, 11) is 1.25. The van der Waals surface area contributed by atoms with Gasteiger partial charge in [0, 0.05) is 11.9 Å². The smallest absolute Gasteiger partial charge is 0.350 e. The normalized spacial score (nSPS) is 10.8. The Morgan fingerprint density at radius 3 is 2.80 bits per heavy atom. The van der Waals surface area contributed by atoms with Gasteiger partial charge in [-0.1, -0.05) is 25.5 Å². The number of anilines is 1. The Labute approximate surface area is 120 Å². The highest BCUT2D eigenvalue weighted by Gasteiger charge is 2.08. The summed E-state index contributed by atoms with van der Waals surface area (Å²) < 4.78 is 4.52. The number of benzene rings is 1. The first-order valence-electron chi connectivity index (χ1n) is 6.67. The summed E-state index contributed by atoms with van der Waals surface area (Å²) in [5, 5.41) is 11.8. The number of nitrogens with one attached hydrogen (secondary N) is 1. The minimum Gasteiger partial charge on any atom is -0.465 e. The van der Waals surface area contributed by atoms with Crippen LogP contribution in [0.1, 0.15) is 30.9 Å². The number of carbonyl (C=O) groups excluding carboxylic acids is 1. The monoisotopic (exact) mass is 272 g/mol. The number of hydrogen-bond donors (Lipinski definition) is 1. The van der Waals surface area contributed by atoms with Gasteiger partial charge in [-0.2, -0.15) is 5.26 Å². The Kier molecular flexibility index (Phi) is 6.31. The number of esters is 1. The first-order valence-corrected chi connectivity index (χ1v) is 6.67. The van der Waals surface area contributed by atoms with Crippen molar-refractivity contribution in [2.24, 2.45) is 0 Å². The van der Waals surface area contributed by atoms with Gasteiger partial charge in [-0.15, -0.1) is 0 Å². The molecule has 4 heteroatoms. The van der Waals surface area contributed by atoms with Crippen molar-refractivity contribution < 1.29 is 9.53 Å². The highest BCUT2D eigenvalue weighted by Crippen LogP contribution is 2.18. The number of methoxy groups -OCH3 is 1. The van der Waals surface area contributed by atoms with Crippen LogP contribution >= 0.6 is 0 Å². The van der Waals surface area contributed by atoms with Crippen molar-refractivity contribution in [1.29, 1.82) is 5.26 Å². The van der Waals surface area contributed by atoms with Gasteiger partial charge in [0.25, 0.3) is 0 Å². The van der Waals surface area contributed by atoms with Crippen LogP contribution in [0.25, 0.3) is 0 Å². The van der Waals surface area contributed by atoms with Crippen LogP contribution in [0.2, 0.25) is 0 Å². The van der Waals surface area contributed by atoms with Crippen LogP contribution in [-0.2, 0) is 16.0 Å². The van der Waals surface area contributed by atoms with Gasteiger partial charge in [-0.25, -0.2) is 4.79 Å². The first kappa shape index (κ1) is 15.8. The molecule has 1 N–H and O–H groups in total. The largest absolute Gasteiger partial charge is 0.465 e. The number of aryl methyl sites for hydroxylation is 2. The number of unbranched alkanes of at least 4 members (excludes halogenated alkanes) is 1. The Hall–Kier alpha value is -2.28. The summed E-state index contributed by atoms with van der Waals surface area (Å²) in [6.45, 7) is 4.17. The van der Waals surface area contributed by atoms with Crippen LogP contribution in [0.5, 0.6) is 0 Å². The van der Waals surface area contributed by atoms with Crippen molar-refractivity contribution in [2.45, 2.75) is 33.1 Å². The molecule has 0 saturated heterocycles. The third-order valence-corrected chi connectivity index (χ3v) is 3.01. The van der Waals surface area contributed by atoms with Gasteiger partial charge in [-0.3, -0.25) is 0 Å². The molecule has 0 bridgehead atoms. The van der Waals surface area contributed by atoms with Crippen LogP contribution in [0.15, 0.2) is 30.0 Å². The van der Waals surface area contributed by atoms with E-state index in [4.69, 9.17) is 5.26 Å². The summed E-state index contributed by atoms with van der Waals surface area (Å²) in [5.41, 5.74) is 3.20. The minimum absolute atomic E-state index is 0.0537. The Bertz CT molecular complexity index is 542. The zero-order valence-corrected chi connectivity index (χ0v) is 12.2. The Morgan fingerprint density at radius 1 is 1.50 bits per heavy atom. The zero-order chi connectivity index (χ0) is 15.0. The van der Waals surface area contributed by atoms with Crippen LogP contribution in [-0.4, -0.2) is 13.1 Å². The van der Waals surface area contributed by atoms with E-state index in [1.165, 1.54) is 31.7 Å². The molecule has 4 nitrogen and oxygen atoms in total. The third-order valence-electron chi connectivity index (χ3n) is 3.01. The van der Waals surface area contributed by atoms with E-state index in [2.05, 4.69) is 29.1 Å². The van der Waals surface area contributed by atoms with E-state index in [-0.39, 0.29) is 5.57 Å². The summed E-state index contributed by atoms with van der Waals surface area (Å²) in [6, 6.07) is 7.95. The second-order valence-electron chi connectivity index (χ2n) is 4.56. The van der Waals surface area contributed by atoms with Crippen LogP contribution < -0.4 is 5.32 Å². The number of carbonyl (C=O) groups is 1. The van der Waals surface area contributed by atoms with Gasteiger partial charge in [0.2, 0.25) is 0 Å². The highest BCUT2D eigenvalue weighted by atomic mass is 16.5. The maximum absolute atomic E-state index is 11.3. The van der Waals surface area contributed by atoms with Crippen LogP contribution in [0.3, 0.4) is 0 Å². The Balaban J connectivity index is 2.81. The lowest BCUT2D eigenvalue weighted by molar-refractivity contribution is -0.135. The molecule has 0 radical (unpaired) electrons. The van der Waals surface area contributed by atoms with Gasteiger partial charge in [0.15, 0.2) is 5.57 Å². The summed E-state index contributed by atoms with van der Waals surface area (Å²) in [6.07, 6.45) is 4.79. The lowest BCUT2D eigenvalue weighted by atomic mass is 10.0. The lowest BCUT2D eigenvalue weighted by Crippen LogP contribution is -2.05. The van der Waals surface area contributed by atoms with Crippen molar-refractivity contribution in [3.8, 4) is 6.07 Å². The summed E-state index contributed by atoms with van der Waals surface area (Å²) in [4.78, 5) is 11.3. The lowest BCUT2D eigenvalue weighted by Gasteiger charge is -2.08. The second-order valence-corrected chi connectivity index (χ2v) is 4.56. The SMILES string of the molecule is CCCCc1ccc(NC=C(C#N)C(=O)OC)c(C)c1. The van der Waals surface area contributed by atoms with Crippen LogP contribution in [0, 0.1) is 18.3 Å². The average molecular weight is 272 g/mol.